The molecule has 41 heavy (non-hydrogen) atoms. The molecule has 8 nitrogen and oxygen atoms in total. The van der Waals surface area contributed by atoms with Gasteiger partial charge >= 0.3 is 0 Å². The molecule has 8 heteroatoms. The third-order valence-electron chi connectivity index (χ3n) is 7.59. The number of aromatic amines is 1. The van der Waals surface area contributed by atoms with Crippen molar-refractivity contribution in [1.29, 1.82) is 0 Å². The number of H-pyrrole nitrogens is 1. The van der Waals surface area contributed by atoms with Gasteiger partial charge in [-0.3, -0.25) is 9.89 Å². The molecule has 1 atom stereocenters. The van der Waals surface area contributed by atoms with Crippen LogP contribution >= 0.6 is 0 Å². The standard InChI is InChI=1S/C33H37N3O5/c1-6-7-15-41-24-10-8-9-23(19-24)31-28-29(25-17-20(2)16-21(3)32(25)37)34-35-30(28)33(38)36(31)14-13-22-11-12-26(39-4)27(18-22)40-5/h8-12,16-19,31,37H,6-7,13-15H2,1-5H3,(H,34,35). The number of amides is 1. The topological polar surface area (TPSA) is 96.9 Å². The zero-order chi connectivity index (χ0) is 29.1. The Kier molecular flexibility index (Phi) is 8.19. The van der Waals surface area contributed by atoms with Crippen molar-refractivity contribution in [3.05, 3.63) is 88.1 Å². The minimum Gasteiger partial charge on any atom is -0.507 e. The van der Waals surface area contributed by atoms with Crippen molar-refractivity contribution < 1.29 is 24.1 Å². The Bertz CT molecular complexity index is 1560. The van der Waals surface area contributed by atoms with Gasteiger partial charge in [-0.1, -0.05) is 37.6 Å². The number of phenolic OH excluding ortho intramolecular Hbond substituents is 1. The van der Waals surface area contributed by atoms with E-state index in [0.717, 1.165) is 46.4 Å². The number of aryl methyl sites for hydroxylation is 2. The van der Waals surface area contributed by atoms with Gasteiger partial charge in [0.05, 0.1) is 26.9 Å². The van der Waals surface area contributed by atoms with Crippen LogP contribution < -0.4 is 14.2 Å². The summed E-state index contributed by atoms with van der Waals surface area (Å²) in [5.41, 5.74) is 6.08. The molecule has 3 aromatic carbocycles. The van der Waals surface area contributed by atoms with Crippen LogP contribution in [0.4, 0.5) is 0 Å². The van der Waals surface area contributed by atoms with E-state index in [2.05, 4.69) is 17.1 Å². The molecule has 1 aliphatic rings. The Balaban J connectivity index is 1.56. The van der Waals surface area contributed by atoms with Crippen LogP contribution in [-0.2, 0) is 6.42 Å². The molecule has 0 bridgehead atoms. The molecule has 214 valence electrons. The van der Waals surface area contributed by atoms with Crippen LogP contribution in [0.2, 0.25) is 0 Å². The van der Waals surface area contributed by atoms with Crippen LogP contribution in [0.5, 0.6) is 23.0 Å². The number of aromatic nitrogens is 2. The lowest BCUT2D eigenvalue weighted by atomic mass is 9.94. The molecule has 1 aromatic heterocycles. The molecule has 0 aliphatic carbocycles. The van der Waals surface area contributed by atoms with E-state index in [1.807, 2.05) is 73.3 Å². The van der Waals surface area contributed by atoms with E-state index in [4.69, 9.17) is 14.2 Å². The van der Waals surface area contributed by atoms with Gasteiger partial charge in [-0.25, -0.2) is 0 Å². The molecule has 5 rings (SSSR count). The highest BCUT2D eigenvalue weighted by Crippen LogP contribution is 2.46. The van der Waals surface area contributed by atoms with Crippen LogP contribution in [0.1, 0.15) is 64.1 Å². The number of nitrogens with one attached hydrogen (secondary N) is 1. The summed E-state index contributed by atoms with van der Waals surface area (Å²) in [6.45, 7) is 7.07. The monoisotopic (exact) mass is 555 g/mol. The summed E-state index contributed by atoms with van der Waals surface area (Å²) in [5.74, 6) is 2.09. The highest BCUT2D eigenvalue weighted by atomic mass is 16.5. The van der Waals surface area contributed by atoms with Crippen molar-refractivity contribution in [2.24, 2.45) is 0 Å². The van der Waals surface area contributed by atoms with Crippen LogP contribution in [0, 0.1) is 13.8 Å². The maximum atomic E-state index is 13.9. The van der Waals surface area contributed by atoms with Crippen LogP contribution in [-0.4, -0.2) is 53.5 Å². The second-order valence-corrected chi connectivity index (χ2v) is 10.5. The molecule has 0 radical (unpaired) electrons. The summed E-state index contributed by atoms with van der Waals surface area (Å²) in [6.07, 6.45) is 2.62. The number of methoxy groups -OCH3 is 2. The predicted molar refractivity (Wildman–Crippen MR) is 158 cm³/mol. The second kappa shape index (κ2) is 12.0. The lowest BCUT2D eigenvalue weighted by Crippen LogP contribution is -2.31. The number of benzene rings is 3. The van der Waals surface area contributed by atoms with Gasteiger partial charge in [0, 0.05) is 17.7 Å². The van der Waals surface area contributed by atoms with Gasteiger partial charge in [0.15, 0.2) is 11.5 Å². The molecule has 0 fully saturated rings. The maximum Gasteiger partial charge on any atom is 0.273 e. The highest BCUT2D eigenvalue weighted by Gasteiger charge is 2.42. The minimum atomic E-state index is -0.415. The first kappa shape index (κ1) is 28.1. The Morgan fingerprint density at radius 2 is 1.83 bits per heavy atom. The molecule has 4 aromatic rings. The summed E-state index contributed by atoms with van der Waals surface area (Å²) in [6, 6.07) is 17.2. The van der Waals surface area contributed by atoms with E-state index >= 15 is 0 Å². The van der Waals surface area contributed by atoms with Crippen LogP contribution in [0.3, 0.4) is 0 Å². The smallest absolute Gasteiger partial charge is 0.273 e. The number of ether oxygens (including phenoxy) is 3. The number of carbonyl (C=O) groups excluding carboxylic acids is 1. The molecule has 1 amide bonds. The fourth-order valence-corrected chi connectivity index (χ4v) is 5.51. The third kappa shape index (κ3) is 5.46. The summed E-state index contributed by atoms with van der Waals surface area (Å²) >= 11 is 0. The van der Waals surface area contributed by atoms with Gasteiger partial charge in [0.2, 0.25) is 0 Å². The van der Waals surface area contributed by atoms with Gasteiger partial charge in [0.25, 0.3) is 5.91 Å². The van der Waals surface area contributed by atoms with Gasteiger partial charge < -0.3 is 24.2 Å². The average molecular weight is 556 g/mol. The number of nitrogens with zero attached hydrogens (tertiary/aromatic N) is 2. The molecule has 1 unspecified atom stereocenters. The number of carbonyl (C=O) groups is 1. The largest absolute Gasteiger partial charge is 0.507 e. The maximum absolute atomic E-state index is 13.9. The zero-order valence-electron chi connectivity index (χ0n) is 24.3. The molecule has 0 spiro atoms. The van der Waals surface area contributed by atoms with Crippen LogP contribution in [0.25, 0.3) is 11.3 Å². The Hall–Kier alpha value is -4.46. The van der Waals surface area contributed by atoms with E-state index < -0.39 is 6.04 Å². The average Bonchev–Trinajstić information content (AvgIpc) is 3.52. The lowest BCUT2D eigenvalue weighted by Gasteiger charge is -2.27. The lowest BCUT2D eigenvalue weighted by molar-refractivity contribution is 0.0745. The van der Waals surface area contributed by atoms with Gasteiger partial charge in [-0.05, 0) is 79.3 Å². The molecule has 1 aliphatic heterocycles. The molecule has 2 N–H and O–H groups in total. The summed E-state index contributed by atoms with van der Waals surface area (Å²) in [5, 5.41) is 18.6. The van der Waals surface area contributed by atoms with Gasteiger partial charge in [0.1, 0.15) is 22.9 Å². The summed E-state index contributed by atoms with van der Waals surface area (Å²) in [4.78, 5) is 15.8. The van der Waals surface area contributed by atoms with E-state index in [1.54, 1.807) is 14.2 Å². The van der Waals surface area contributed by atoms with Gasteiger partial charge in [-0.15, -0.1) is 0 Å². The number of hydrogen-bond acceptors (Lipinski definition) is 6. The van der Waals surface area contributed by atoms with E-state index in [0.29, 0.717) is 48.0 Å². The van der Waals surface area contributed by atoms with Crippen molar-refractivity contribution in [2.45, 2.75) is 46.1 Å². The molecular weight excluding hydrogens is 518 g/mol. The second-order valence-electron chi connectivity index (χ2n) is 10.5. The molecule has 2 heterocycles. The van der Waals surface area contributed by atoms with Crippen molar-refractivity contribution in [1.82, 2.24) is 15.1 Å². The van der Waals surface area contributed by atoms with Gasteiger partial charge in [-0.2, -0.15) is 5.10 Å². The fraction of sp³-hybridized carbons (Fsp3) is 0.333. The van der Waals surface area contributed by atoms with E-state index in [9.17, 15) is 9.90 Å². The van der Waals surface area contributed by atoms with E-state index in [-0.39, 0.29) is 11.7 Å². The SMILES string of the molecule is CCCCOc1cccc(C2c3c(-c4cc(C)cc(C)c4O)n[nH]c3C(=O)N2CCc2ccc(OC)c(OC)c2)c1. The first-order valence-electron chi connectivity index (χ1n) is 14.0. The Morgan fingerprint density at radius 3 is 2.59 bits per heavy atom. The number of hydrogen-bond donors (Lipinski definition) is 2. The first-order chi connectivity index (χ1) is 19.9. The predicted octanol–water partition coefficient (Wildman–Crippen LogP) is 6.38. The number of aromatic hydroxyl groups is 1. The normalized spacial score (nSPS) is 14.3. The molecular formula is C33H37N3O5. The van der Waals surface area contributed by atoms with E-state index in [1.165, 1.54) is 0 Å². The molecule has 0 saturated heterocycles. The quantitative estimate of drug-likeness (QED) is 0.208. The number of phenols is 1. The van der Waals surface area contributed by atoms with Crippen molar-refractivity contribution in [2.75, 3.05) is 27.4 Å². The zero-order valence-corrected chi connectivity index (χ0v) is 24.3. The molecule has 0 saturated carbocycles. The first-order valence-corrected chi connectivity index (χ1v) is 14.0. The minimum absolute atomic E-state index is 0.134. The number of rotatable bonds is 11. The van der Waals surface area contributed by atoms with Crippen molar-refractivity contribution >= 4 is 5.91 Å². The van der Waals surface area contributed by atoms with Crippen molar-refractivity contribution in [3.8, 4) is 34.3 Å². The Morgan fingerprint density at radius 1 is 1.02 bits per heavy atom. The van der Waals surface area contributed by atoms with Crippen molar-refractivity contribution in [3.63, 3.8) is 0 Å². The highest BCUT2D eigenvalue weighted by molar-refractivity contribution is 6.00. The van der Waals surface area contributed by atoms with Crippen LogP contribution in [0.15, 0.2) is 54.6 Å². The Labute approximate surface area is 240 Å². The third-order valence-corrected chi connectivity index (χ3v) is 7.59. The summed E-state index contributed by atoms with van der Waals surface area (Å²) in [7, 11) is 3.22. The fourth-order valence-electron chi connectivity index (χ4n) is 5.51. The number of fused-ring (bicyclic) bond motifs is 1. The summed E-state index contributed by atoms with van der Waals surface area (Å²) < 4.78 is 16.9. The number of unbranched alkanes of at least 4 members (excludes halogenated alkanes) is 1.